The third-order valence-electron chi connectivity index (χ3n) is 0.771. The van der Waals surface area contributed by atoms with E-state index in [1.54, 1.807) is 69.5 Å². The fraction of sp³-hybridized carbons (Fsp3) is 0.714. The van der Waals surface area contributed by atoms with Gasteiger partial charge in [-0.25, -0.2) is 0 Å². The molecular formula is C14H29O3Zr. The van der Waals surface area contributed by atoms with Gasteiger partial charge in [-0.1, -0.05) is 0 Å². The zero-order valence-electron chi connectivity index (χ0n) is 12.5. The number of aliphatic hydroxyl groups is 3. The van der Waals surface area contributed by atoms with Gasteiger partial charge in [0.2, 0.25) is 0 Å². The molecular weight excluding hydrogens is 307 g/mol. The van der Waals surface area contributed by atoms with Gasteiger partial charge < -0.3 is 15.3 Å². The second-order valence-corrected chi connectivity index (χ2v) is 6.18. The van der Waals surface area contributed by atoms with Crippen LogP contribution in [0.1, 0.15) is 48.0 Å². The van der Waals surface area contributed by atoms with Crippen LogP contribution in [0.25, 0.3) is 0 Å². The van der Waals surface area contributed by atoms with E-state index in [1.807, 2.05) is 0 Å². The molecule has 0 atom stereocenters. The van der Waals surface area contributed by atoms with Crippen molar-refractivity contribution >= 4 is 0 Å². The Hall–Kier alpha value is 0.243. The fourth-order valence-corrected chi connectivity index (χ4v) is 0.973. The summed E-state index contributed by atoms with van der Waals surface area (Å²) in [6.07, 6.45) is 7.19. The van der Waals surface area contributed by atoms with Gasteiger partial charge in [-0.3, -0.25) is 0 Å². The molecule has 107 valence electrons. The molecule has 0 aliphatic heterocycles. The summed E-state index contributed by atoms with van der Waals surface area (Å²) >= 11 is 1.56. The van der Waals surface area contributed by atoms with Gasteiger partial charge in [0.05, 0.1) is 0 Å². The Kier molecular flexibility index (Phi) is 22.4. The van der Waals surface area contributed by atoms with E-state index in [2.05, 4.69) is 18.2 Å². The molecule has 0 aromatic carbocycles. The van der Waals surface area contributed by atoms with E-state index in [-0.39, 0.29) is 18.3 Å². The normalized spacial score (nSPS) is 12.1. The molecule has 1 aliphatic rings. The van der Waals surface area contributed by atoms with Crippen molar-refractivity contribution in [3.8, 4) is 0 Å². The van der Waals surface area contributed by atoms with Crippen molar-refractivity contribution in [3.05, 3.63) is 21.5 Å². The van der Waals surface area contributed by atoms with E-state index in [4.69, 9.17) is 15.3 Å². The fourth-order valence-electron chi connectivity index (χ4n) is 0.447. The number of rotatable bonds is 0. The molecule has 0 saturated carbocycles. The summed E-state index contributed by atoms with van der Waals surface area (Å²) in [5.74, 6) is 0. The van der Waals surface area contributed by atoms with Gasteiger partial charge in [0.25, 0.3) is 0 Å². The zero-order chi connectivity index (χ0) is 15.1. The summed E-state index contributed by atoms with van der Waals surface area (Å²) in [7, 11) is 0. The summed E-state index contributed by atoms with van der Waals surface area (Å²) < 4.78 is 1.56. The molecule has 3 nitrogen and oxygen atoms in total. The van der Waals surface area contributed by atoms with Gasteiger partial charge in [0, 0.05) is 18.3 Å². The van der Waals surface area contributed by atoms with Crippen molar-refractivity contribution in [1.29, 1.82) is 0 Å². The minimum atomic E-state index is -0.167. The summed E-state index contributed by atoms with van der Waals surface area (Å²) in [4.78, 5) is 0. The van der Waals surface area contributed by atoms with Crippen LogP contribution >= 0.6 is 0 Å². The Labute approximate surface area is 127 Å². The van der Waals surface area contributed by atoms with Crippen LogP contribution in [-0.2, 0) is 24.7 Å². The van der Waals surface area contributed by atoms with Crippen LogP contribution in [0.3, 0.4) is 0 Å². The molecule has 0 unspecified atom stereocenters. The van der Waals surface area contributed by atoms with E-state index in [1.165, 1.54) is 6.42 Å². The zero-order valence-corrected chi connectivity index (χ0v) is 15.0. The monoisotopic (exact) mass is 335 g/mol. The molecule has 3 N–H and O–H groups in total. The van der Waals surface area contributed by atoms with Crippen molar-refractivity contribution in [2.45, 2.75) is 66.3 Å². The Morgan fingerprint density at radius 1 is 0.889 bits per heavy atom. The quantitative estimate of drug-likeness (QED) is 0.637. The van der Waals surface area contributed by atoms with Crippen LogP contribution in [0.2, 0.25) is 0 Å². The molecule has 0 heterocycles. The Morgan fingerprint density at radius 3 is 1.22 bits per heavy atom. The van der Waals surface area contributed by atoms with E-state index < -0.39 is 0 Å². The summed E-state index contributed by atoms with van der Waals surface area (Å²) in [6, 6.07) is 0. The molecule has 4 heteroatoms. The molecule has 0 spiro atoms. The molecule has 0 fully saturated rings. The van der Waals surface area contributed by atoms with Crippen molar-refractivity contribution in [2.75, 3.05) is 0 Å². The Bertz CT molecular complexity index is 187. The number of allylic oxidation sites excluding steroid dienone is 4. The average molecular weight is 337 g/mol. The Balaban J connectivity index is -0.000000171. The summed E-state index contributed by atoms with van der Waals surface area (Å²) in [5.41, 5.74) is 0. The van der Waals surface area contributed by atoms with Crippen LogP contribution in [0, 0.1) is 0 Å². The molecule has 0 bridgehead atoms. The van der Waals surface area contributed by atoms with Crippen LogP contribution in [0.4, 0.5) is 0 Å². The first-order valence-electron chi connectivity index (χ1n) is 6.21. The first-order valence-corrected chi connectivity index (χ1v) is 7.43. The van der Waals surface area contributed by atoms with Gasteiger partial charge >= 0.3 is 52.6 Å². The maximum absolute atomic E-state index is 8.06. The molecule has 0 saturated heterocycles. The molecule has 1 aliphatic carbocycles. The number of hydrogen-bond acceptors (Lipinski definition) is 3. The van der Waals surface area contributed by atoms with Crippen LogP contribution in [0.15, 0.2) is 21.5 Å². The maximum atomic E-state index is 8.06. The molecule has 1 rings (SSSR count). The number of hydrogen-bond donors (Lipinski definition) is 3. The first-order chi connectivity index (χ1) is 8.09. The van der Waals surface area contributed by atoms with Crippen molar-refractivity contribution in [3.63, 3.8) is 0 Å². The number of aliphatic hydroxyl groups excluding tert-OH is 3. The molecule has 0 aromatic heterocycles. The first kappa shape index (κ1) is 23.3. The van der Waals surface area contributed by atoms with Gasteiger partial charge in [-0.05, 0) is 41.5 Å². The average Bonchev–Trinajstić information content (AvgIpc) is 2.51. The topological polar surface area (TPSA) is 60.7 Å². The van der Waals surface area contributed by atoms with Crippen molar-refractivity contribution < 1.29 is 40.0 Å². The standard InChI is InChI=1S/C5H5.3C3H8O.Zr/c1-2-4-5-3-1;3*1-3(2)4;/h1-3H,4H2;3*3-4H,1-2H3;. The van der Waals surface area contributed by atoms with E-state index in [0.29, 0.717) is 0 Å². The third kappa shape index (κ3) is 71.9. The summed E-state index contributed by atoms with van der Waals surface area (Å²) in [5, 5.41) is 24.2. The van der Waals surface area contributed by atoms with Gasteiger partial charge in [0.15, 0.2) is 0 Å². The Morgan fingerprint density at radius 2 is 1.17 bits per heavy atom. The third-order valence-corrected chi connectivity index (χ3v) is 1.68. The molecule has 0 amide bonds. The van der Waals surface area contributed by atoms with Crippen molar-refractivity contribution in [2.24, 2.45) is 0 Å². The molecule has 0 aromatic rings. The second-order valence-electron chi connectivity index (χ2n) is 4.61. The van der Waals surface area contributed by atoms with Gasteiger partial charge in [-0.2, -0.15) is 0 Å². The van der Waals surface area contributed by atoms with E-state index in [9.17, 15) is 0 Å². The van der Waals surface area contributed by atoms with E-state index in [0.717, 1.165) is 0 Å². The molecule has 0 radical (unpaired) electrons. The van der Waals surface area contributed by atoms with Crippen LogP contribution in [-0.4, -0.2) is 33.6 Å². The predicted molar refractivity (Wildman–Crippen MR) is 73.9 cm³/mol. The predicted octanol–water partition coefficient (Wildman–Crippen LogP) is 2.54. The van der Waals surface area contributed by atoms with Gasteiger partial charge in [-0.15, -0.1) is 0 Å². The minimum absolute atomic E-state index is 0.167. The van der Waals surface area contributed by atoms with Crippen LogP contribution in [0.5, 0.6) is 0 Å². The van der Waals surface area contributed by atoms with Crippen LogP contribution < -0.4 is 0 Å². The second kappa shape index (κ2) is 17.2. The molecule has 18 heavy (non-hydrogen) atoms. The van der Waals surface area contributed by atoms with Crippen molar-refractivity contribution in [1.82, 2.24) is 0 Å². The SMILES string of the molecule is CC(C)O.CC(C)O.CC(C)O.[Zr][C]1=CC=CC1. The van der Waals surface area contributed by atoms with E-state index >= 15 is 0 Å². The van der Waals surface area contributed by atoms with Gasteiger partial charge in [0.1, 0.15) is 0 Å². The summed E-state index contributed by atoms with van der Waals surface area (Å²) in [6.45, 7) is 10.3.